The summed E-state index contributed by atoms with van der Waals surface area (Å²) in [6.07, 6.45) is 1.65. The van der Waals surface area contributed by atoms with Crippen molar-refractivity contribution >= 4 is 11.8 Å². The summed E-state index contributed by atoms with van der Waals surface area (Å²) in [7, 11) is 0. The van der Waals surface area contributed by atoms with E-state index in [9.17, 15) is 9.59 Å². The number of nitrogens with zero attached hydrogens (tertiary/aromatic N) is 1. The van der Waals surface area contributed by atoms with Crippen LogP contribution in [0.2, 0.25) is 0 Å². The largest absolute Gasteiger partial charge is 0.370 e. The molecule has 0 unspecified atom stereocenters. The van der Waals surface area contributed by atoms with E-state index in [1.807, 2.05) is 0 Å². The highest BCUT2D eigenvalue weighted by molar-refractivity contribution is 5.87. The second kappa shape index (κ2) is 3.38. The van der Waals surface area contributed by atoms with Gasteiger partial charge in [-0.15, -0.1) is 0 Å². The van der Waals surface area contributed by atoms with Gasteiger partial charge in [-0.2, -0.15) is 0 Å². The maximum absolute atomic E-state index is 10.9. The van der Waals surface area contributed by atoms with Crippen molar-refractivity contribution in [2.45, 2.75) is 6.42 Å². The number of nitrogens with two attached hydrogens (primary N) is 1. The molecule has 1 heterocycles. The van der Waals surface area contributed by atoms with Gasteiger partial charge in [0, 0.05) is 25.4 Å². The fourth-order valence-corrected chi connectivity index (χ4v) is 1.29. The molecule has 0 aromatic carbocycles. The molecule has 0 bridgehead atoms. The molecule has 0 atom stereocenters. The van der Waals surface area contributed by atoms with E-state index in [1.54, 1.807) is 4.90 Å². The molecule has 1 saturated heterocycles. The van der Waals surface area contributed by atoms with Crippen molar-refractivity contribution < 1.29 is 9.59 Å². The Labute approximate surface area is 71.0 Å². The Morgan fingerprint density at radius 2 is 2.17 bits per heavy atom. The van der Waals surface area contributed by atoms with Crippen LogP contribution in [0.3, 0.4) is 0 Å². The van der Waals surface area contributed by atoms with Gasteiger partial charge < -0.3 is 10.6 Å². The number of primary amides is 1. The van der Waals surface area contributed by atoms with Gasteiger partial charge in [0.25, 0.3) is 0 Å². The van der Waals surface area contributed by atoms with Crippen LogP contribution in [-0.4, -0.2) is 29.8 Å². The molecular formula is C8H12N2O2. The average molecular weight is 168 g/mol. The molecular weight excluding hydrogens is 156 g/mol. The first-order valence-electron chi connectivity index (χ1n) is 3.83. The summed E-state index contributed by atoms with van der Waals surface area (Å²) in [6.45, 7) is 4.63. The summed E-state index contributed by atoms with van der Waals surface area (Å²) in [5.41, 5.74) is 4.99. The van der Waals surface area contributed by atoms with Crippen molar-refractivity contribution in [2.24, 2.45) is 11.7 Å². The van der Waals surface area contributed by atoms with Crippen LogP contribution >= 0.6 is 0 Å². The van der Waals surface area contributed by atoms with Crippen LogP contribution in [0, 0.1) is 5.92 Å². The Morgan fingerprint density at radius 1 is 1.58 bits per heavy atom. The van der Waals surface area contributed by atoms with E-state index in [4.69, 9.17) is 5.73 Å². The maximum atomic E-state index is 10.9. The highest BCUT2D eigenvalue weighted by Gasteiger charge is 2.29. The number of hydrogen-bond acceptors (Lipinski definition) is 2. The minimum absolute atomic E-state index is 0.0734. The standard InChI is InChI=1S/C8H12N2O2/c1-2-8(12)10-4-6(5-10)3-7(9)11/h2,6H,1,3-5H2,(H2,9,11). The molecule has 4 nitrogen and oxygen atoms in total. The van der Waals surface area contributed by atoms with E-state index in [0.717, 1.165) is 0 Å². The minimum Gasteiger partial charge on any atom is -0.370 e. The molecule has 0 spiro atoms. The first-order valence-corrected chi connectivity index (χ1v) is 3.83. The molecule has 0 aliphatic carbocycles. The number of hydrogen-bond donors (Lipinski definition) is 1. The Balaban J connectivity index is 2.24. The number of amides is 2. The number of likely N-dealkylation sites (tertiary alicyclic amines) is 1. The van der Waals surface area contributed by atoms with Crippen molar-refractivity contribution in [3.05, 3.63) is 12.7 Å². The van der Waals surface area contributed by atoms with Crippen molar-refractivity contribution in [1.29, 1.82) is 0 Å². The predicted molar refractivity (Wildman–Crippen MR) is 44.1 cm³/mol. The SMILES string of the molecule is C=CC(=O)N1CC(CC(N)=O)C1. The van der Waals surface area contributed by atoms with Gasteiger partial charge in [0.15, 0.2) is 0 Å². The quantitative estimate of drug-likeness (QED) is 0.578. The van der Waals surface area contributed by atoms with Crippen molar-refractivity contribution in [2.75, 3.05) is 13.1 Å². The summed E-state index contributed by atoms with van der Waals surface area (Å²) in [4.78, 5) is 23.0. The van der Waals surface area contributed by atoms with Gasteiger partial charge in [-0.1, -0.05) is 6.58 Å². The van der Waals surface area contributed by atoms with Crippen LogP contribution < -0.4 is 5.73 Å². The molecule has 2 N–H and O–H groups in total. The molecule has 1 rings (SSSR count). The van der Waals surface area contributed by atoms with E-state index < -0.39 is 0 Å². The highest BCUT2D eigenvalue weighted by atomic mass is 16.2. The molecule has 0 aromatic rings. The molecule has 0 radical (unpaired) electrons. The van der Waals surface area contributed by atoms with Gasteiger partial charge in [-0.25, -0.2) is 0 Å². The van der Waals surface area contributed by atoms with E-state index in [0.29, 0.717) is 19.5 Å². The Morgan fingerprint density at radius 3 is 2.58 bits per heavy atom. The fourth-order valence-electron chi connectivity index (χ4n) is 1.29. The lowest BCUT2D eigenvalue weighted by Gasteiger charge is -2.38. The van der Waals surface area contributed by atoms with Crippen LogP contribution in [-0.2, 0) is 9.59 Å². The number of rotatable bonds is 3. The van der Waals surface area contributed by atoms with Crippen LogP contribution in [0.25, 0.3) is 0 Å². The molecule has 1 fully saturated rings. The summed E-state index contributed by atoms with van der Waals surface area (Å²) >= 11 is 0. The molecule has 1 aliphatic heterocycles. The molecule has 1 aliphatic rings. The molecule has 0 aromatic heterocycles. The zero-order valence-electron chi connectivity index (χ0n) is 6.82. The lowest BCUT2D eigenvalue weighted by Crippen LogP contribution is -2.50. The first-order chi connectivity index (χ1) is 5.63. The topological polar surface area (TPSA) is 63.4 Å². The highest BCUT2D eigenvalue weighted by Crippen LogP contribution is 2.18. The van der Waals surface area contributed by atoms with E-state index >= 15 is 0 Å². The summed E-state index contributed by atoms with van der Waals surface area (Å²) in [5, 5.41) is 0. The number of carbonyl (C=O) groups excluding carboxylic acids is 2. The molecule has 4 heteroatoms. The second-order valence-corrected chi connectivity index (χ2v) is 2.98. The molecule has 0 saturated carbocycles. The third-order valence-electron chi connectivity index (χ3n) is 1.93. The van der Waals surface area contributed by atoms with E-state index in [1.165, 1.54) is 6.08 Å². The molecule has 12 heavy (non-hydrogen) atoms. The first kappa shape index (κ1) is 8.77. The zero-order chi connectivity index (χ0) is 9.14. The summed E-state index contributed by atoms with van der Waals surface area (Å²) in [6, 6.07) is 0. The normalized spacial score (nSPS) is 16.8. The van der Waals surface area contributed by atoms with Crippen molar-refractivity contribution in [3.8, 4) is 0 Å². The monoisotopic (exact) mass is 168 g/mol. The van der Waals surface area contributed by atoms with Gasteiger partial charge in [0.05, 0.1) is 0 Å². The molecule has 66 valence electrons. The van der Waals surface area contributed by atoms with Gasteiger partial charge in [0.1, 0.15) is 0 Å². The van der Waals surface area contributed by atoms with Crippen LogP contribution in [0.5, 0.6) is 0 Å². The van der Waals surface area contributed by atoms with Crippen LogP contribution in [0.4, 0.5) is 0 Å². The third kappa shape index (κ3) is 1.84. The van der Waals surface area contributed by atoms with Crippen molar-refractivity contribution in [3.63, 3.8) is 0 Å². The van der Waals surface area contributed by atoms with E-state index in [2.05, 4.69) is 6.58 Å². The third-order valence-corrected chi connectivity index (χ3v) is 1.93. The molecule has 2 amide bonds. The minimum atomic E-state index is -0.300. The smallest absolute Gasteiger partial charge is 0.245 e. The van der Waals surface area contributed by atoms with Crippen molar-refractivity contribution in [1.82, 2.24) is 4.90 Å². The summed E-state index contributed by atoms with van der Waals surface area (Å²) in [5.74, 6) is -0.118. The van der Waals surface area contributed by atoms with Gasteiger partial charge in [0.2, 0.25) is 11.8 Å². The Bertz CT molecular complexity index is 219. The zero-order valence-corrected chi connectivity index (χ0v) is 6.82. The second-order valence-electron chi connectivity index (χ2n) is 2.98. The Kier molecular flexibility index (Phi) is 2.47. The van der Waals surface area contributed by atoms with Gasteiger partial charge in [-0.3, -0.25) is 9.59 Å². The number of carbonyl (C=O) groups is 2. The lowest BCUT2D eigenvalue weighted by atomic mass is 9.96. The lowest BCUT2D eigenvalue weighted by molar-refractivity contribution is -0.134. The summed E-state index contributed by atoms with van der Waals surface area (Å²) < 4.78 is 0. The van der Waals surface area contributed by atoms with Gasteiger partial charge >= 0.3 is 0 Å². The Hall–Kier alpha value is -1.32. The maximum Gasteiger partial charge on any atom is 0.245 e. The predicted octanol–water partition coefficient (Wildman–Crippen LogP) is -0.494. The van der Waals surface area contributed by atoms with E-state index in [-0.39, 0.29) is 17.7 Å². The fraction of sp³-hybridized carbons (Fsp3) is 0.500. The average Bonchev–Trinajstić information content (AvgIpc) is 1.94. The van der Waals surface area contributed by atoms with Gasteiger partial charge in [-0.05, 0) is 6.08 Å². The van der Waals surface area contributed by atoms with Crippen LogP contribution in [0.15, 0.2) is 12.7 Å². The van der Waals surface area contributed by atoms with Crippen LogP contribution in [0.1, 0.15) is 6.42 Å².